The number of halogens is 3. The van der Waals surface area contributed by atoms with E-state index in [2.05, 4.69) is 0 Å². The SMILES string of the molecule is O=C(O)C1CCN(CCCC(F)(F)F)CC1. The molecular weight excluding hydrogens is 223 g/mol. The van der Waals surface area contributed by atoms with Crippen LogP contribution in [0.1, 0.15) is 25.7 Å². The number of carbonyl (C=O) groups is 1. The summed E-state index contributed by atoms with van der Waals surface area (Å²) >= 11 is 0. The first-order chi connectivity index (χ1) is 7.38. The van der Waals surface area contributed by atoms with E-state index in [9.17, 15) is 18.0 Å². The number of carboxylic acid groups (broad SMARTS) is 1. The van der Waals surface area contributed by atoms with Gasteiger partial charge in [0.1, 0.15) is 0 Å². The molecule has 94 valence electrons. The molecule has 0 amide bonds. The number of alkyl halides is 3. The third-order valence-corrected chi connectivity index (χ3v) is 2.87. The Morgan fingerprint density at radius 2 is 1.88 bits per heavy atom. The lowest BCUT2D eigenvalue weighted by atomic mass is 9.97. The zero-order valence-corrected chi connectivity index (χ0v) is 8.96. The molecule has 0 spiro atoms. The van der Waals surface area contributed by atoms with Gasteiger partial charge in [-0.3, -0.25) is 4.79 Å². The molecule has 0 aromatic carbocycles. The molecule has 0 unspecified atom stereocenters. The van der Waals surface area contributed by atoms with Gasteiger partial charge in [-0.2, -0.15) is 13.2 Å². The van der Waals surface area contributed by atoms with Crippen molar-refractivity contribution in [3.8, 4) is 0 Å². The van der Waals surface area contributed by atoms with E-state index < -0.39 is 18.6 Å². The fraction of sp³-hybridized carbons (Fsp3) is 0.900. The molecule has 1 aliphatic heterocycles. The molecule has 0 aliphatic carbocycles. The second kappa shape index (κ2) is 5.52. The maximum atomic E-state index is 11.9. The van der Waals surface area contributed by atoms with Crippen molar-refractivity contribution in [1.29, 1.82) is 0 Å². The summed E-state index contributed by atoms with van der Waals surface area (Å²) in [5.41, 5.74) is 0. The van der Waals surface area contributed by atoms with Crippen LogP contribution in [0.25, 0.3) is 0 Å². The van der Waals surface area contributed by atoms with Gasteiger partial charge < -0.3 is 10.0 Å². The molecule has 0 bridgehead atoms. The Morgan fingerprint density at radius 1 is 1.31 bits per heavy atom. The third-order valence-electron chi connectivity index (χ3n) is 2.87. The van der Waals surface area contributed by atoms with Gasteiger partial charge in [0.05, 0.1) is 5.92 Å². The number of hydrogen-bond acceptors (Lipinski definition) is 2. The van der Waals surface area contributed by atoms with Gasteiger partial charge >= 0.3 is 12.1 Å². The van der Waals surface area contributed by atoms with E-state index in [1.54, 1.807) is 0 Å². The Kier molecular flexibility index (Phi) is 4.58. The van der Waals surface area contributed by atoms with Crippen molar-refractivity contribution in [2.75, 3.05) is 19.6 Å². The zero-order chi connectivity index (χ0) is 12.2. The zero-order valence-electron chi connectivity index (χ0n) is 8.96. The van der Waals surface area contributed by atoms with Crippen LogP contribution in [0.4, 0.5) is 13.2 Å². The predicted octanol–water partition coefficient (Wildman–Crippen LogP) is 2.13. The lowest BCUT2D eigenvalue weighted by molar-refractivity contribution is -0.143. The Balaban J connectivity index is 2.15. The summed E-state index contributed by atoms with van der Waals surface area (Å²) in [6.07, 6.45) is -3.66. The minimum atomic E-state index is -4.08. The number of likely N-dealkylation sites (tertiary alicyclic amines) is 1. The van der Waals surface area contributed by atoms with Gasteiger partial charge in [-0.1, -0.05) is 0 Å². The highest BCUT2D eigenvalue weighted by atomic mass is 19.4. The average molecular weight is 239 g/mol. The van der Waals surface area contributed by atoms with Crippen LogP contribution < -0.4 is 0 Å². The van der Waals surface area contributed by atoms with E-state index in [0.29, 0.717) is 32.5 Å². The van der Waals surface area contributed by atoms with Gasteiger partial charge in [-0.25, -0.2) is 0 Å². The highest BCUT2D eigenvalue weighted by Crippen LogP contribution is 2.23. The van der Waals surface area contributed by atoms with Crippen LogP contribution >= 0.6 is 0 Å². The molecule has 1 N–H and O–H groups in total. The number of hydrogen-bond donors (Lipinski definition) is 1. The minimum Gasteiger partial charge on any atom is -0.481 e. The standard InChI is InChI=1S/C10H16F3NO2/c11-10(12,13)4-1-5-14-6-2-8(3-7-14)9(15)16/h8H,1-7H2,(H,15,16). The molecule has 1 aliphatic rings. The van der Waals surface area contributed by atoms with Crippen LogP contribution in [0.5, 0.6) is 0 Å². The molecule has 1 saturated heterocycles. The second-order valence-electron chi connectivity index (χ2n) is 4.17. The molecule has 16 heavy (non-hydrogen) atoms. The summed E-state index contributed by atoms with van der Waals surface area (Å²) < 4.78 is 35.6. The first-order valence-electron chi connectivity index (χ1n) is 5.40. The number of aliphatic carboxylic acids is 1. The maximum Gasteiger partial charge on any atom is 0.389 e. The molecule has 1 rings (SSSR count). The Labute approximate surface area is 92.2 Å². The molecule has 0 saturated carbocycles. The van der Waals surface area contributed by atoms with Crippen LogP contribution in [0.3, 0.4) is 0 Å². The van der Waals surface area contributed by atoms with Crippen molar-refractivity contribution in [2.45, 2.75) is 31.9 Å². The third kappa shape index (κ3) is 4.83. The highest BCUT2D eigenvalue weighted by molar-refractivity contribution is 5.70. The van der Waals surface area contributed by atoms with Crippen LogP contribution in [0.15, 0.2) is 0 Å². The van der Waals surface area contributed by atoms with Crippen molar-refractivity contribution in [1.82, 2.24) is 4.90 Å². The monoisotopic (exact) mass is 239 g/mol. The fourth-order valence-electron chi connectivity index (χ4n) is 1.91. The van der Waals surface area contributed by atoms with E-state index in [-0.39, 0.29) is 12.3 Å². The molecular formula is C10H16F3NO2. The Morgan fingerprint density at radius 3 is 2.31 bits per heavy atom. The van der Waals surface area contributed by atoms with Crippen LogP contribution in [-0.2, 0) is 4.79 Å². The number of piperidine rings is 1. The summed E-state index contributed by atoms with van der Waals surface area (Å²) in [4.78, 5) is 12.5. The van der Waals surface area contributed by atoms with Gasteiger partial charge in [-0.05, 0) is 38.9 Å². The molecule has 0 radical (unpaired) electrons. The summed E-state index contributed by atoms with van der Waals surface area (Å²) in [6.45, 7) is 1.59. The van der Waals surface area contributed by atoms with E-state index in [0.717, 1.165) is 0 Å². The number of carboxylic acids is 1. The van der Waals surface area contributed by atoms with Gasteiger partial charge in [0, 0.05) is 6.42 Å². The van der Waals surface area contributed by atoms with Crippen LogP contribution in [0.2, 0.25) is 0 Å². The van der Waals surface area contributed by atoms with Crippen molar-refractivity contribution in [3.05, 3.63) is 0 Å². The summed E-state index contributed by atoms with van der Waals surface area (Å²) in [6, 6.07) is 0. The molecule has 0 aromatic rings. The summed E-state index contributed by atoms with van der Waals surface area (Å²) in [5, 5.41) is 8.74. The predicted molar refractivity (Wildman–Crippen MR) is 52.1 cm³/mol. The Bertz CT molecular complexity index is 235. The Hall–Kier alpha value is -0.780. The maximum absolute atomic E-state index is 11.9. The normalized spacial score (nSPS) is 19.9. The minimum absolute atomic E-state index is 0.0985. The molecule has 1 heterocycles. The molecule has 1 fully saturated rings. The van der Waals surface area contributed by atoms with Crippen molar-refractivity contribution in [2.24, 2.45) is 5.92 Å². The average Bonchev–Trinajstić information content (AvgIpc) is 2.16. The van der Waals surface area contributed by atoms with E-state index >= 15 is 0 Å². The second-order valence-corrected chi connectivity index (χ2v) is 4.17. The van der Waals surface area contributed by atoms with Gasteiger partial charge in [0.25, 0.3) is 0 Å². The molecule has 3 nitrogen and oxygen atoms in total. The van der Waals surface area contributed by atoms with Gasteiger partial charge in [-0.15, -0.1) is 0 Å². The van der Waals surface area contributed by atoms with Crippen molar-refractivity contribution < 1.29 is 23.1 Å². The quantitative estimate of drug-likeness (QED) is 0.817. The number of rotatable bonds is 4. The van der Waals surface area contributed by atoms with Crippen LogP contribution in [0, 0.1) is 5.92 Å². The van der Waals surface area contributed by atoms with Gasteiger partial charge in [0.15, 0.2) is 0 Å². The first-order valence-corrected chi connectivity index (χ1v) is 5.40. The topological polar surface area (TPSA) is 40.5 Å². The highest BCUT2D eigenvalue weighted by Gasteiger charge is 2.28. The van der Waals surface area contributed by atoms with Gasteiger partial charge in [0.2, 0.25) is 0 Å². The first kappa shape index (κ1) is 13.3. The summed E-state index contributed by atoms with van der Waals surface area (Å²) in [5.74, 6) is -1.12. The fourth-order valence-corrected chi connectivity index (χ4v) is 1.91. The lowest BCUT2D eigenvalue weighted by Crippen LogP contribution is -2.37. The van der Waals surface area contributed by atoms with Crippen molar-refractivity contribution in [3.63, 3.8) is 0 Å². The number of nitrogens with zero attached hydrogens (tertiary/aromatic N) is 1. The van der Waals surface area contributed by atoms with E-state index in [1.165, 1.54) is 0 Å². The smallest absolute Gasteiger partial charge is 0.389 e. The van der Waals surface area contributed by atoms with E-state index in [1.807, 2.05) is 4.90 Å². The molecule has 0 aromatic heterocycles. The van der Waals surface area contributed by atoms with E-state index in [4.69, 9.17) is 5.11 Å². The summed E-state index contributed by atoms with van der Waals surface area (Å²) in [7, 11) is 0. The molecule has 6 heteroatoms. The lowest BCUT2D eigenvalue weighted by Gasteiger charge is -2.29. The largest absolute Gasteiger partial charge is 0.481 e. The molecule has 0 atom stereocenters. The van der Waals surface area contributed by atoms with Crippen molar-refractivity contribution >= 4 is 5.97 Å². The van der Waals surface area contributed by atoms with Crippen LogP contribution in [-0.4, -0.2) is 41.8 Å².